The third-order valence-electron chi connectivity index (χ3n) is 2.33. The molecule has 0 aliphatic heterocycles. The molecule has 19 heavy (non-hydrogen) atoms. The lowest BCUT2D eigenvalue weighted by molar-refractivity contribution is -0.113. The molecular formula is C14H26N2O3. The molecule has 0 rings (SSSR count). The number of Topliss-reactive ketones (excluding diaryl/α,β-unsaturated/α-hetero) is 1. The van der Waals surface area contributed by atoms with Gasteiger partial charge in [0.05, 0.1) is 0 Å². The SMILES string of the molecule is CC(C)CCCCC(=O)C(N)=NC(=O)OC(C)(C)C. The van der Waals surface area contributed by atoms with Gasteiger partial charge in [-0.3, -0.25) is 4.79 Å². The van der Waals surface area contributed by atoms with E-state index in [-0.39, 0.29) is 11.6 Å². The van der Waals surface area contributed by atoms with Crippen molar-refractivity contribution in [3.05, 3.63) is 0 Å². The molecule has 0 fully saturated rings. The highest BCUT2D eigenvalue weighted by Gasteiger charge is 2.17. The topological polar surface area (TPSA) is 81.8 Å². The minimum Gasteiger partial charge on any atom is -0.442 e. The summed E-state index contributed by atoms with van der Waals surface area (Å²) >= 11 is 0. The average molecular weight is 270 g/mol. The van der Waals surface area contributed by atoms with E-state index >= 15 is 0 Å². The Balaban J connectivity index is 4.14. The van der Waals surface area contributed by atoms with Crippen LogP contribution in [-0.2, 0) is 9.53 Å². The van der Waals surface area contributed by atoms with Crippen LogP contribution in [0.4, 0.5) is 4.79 Å². The van der Waals surface area contributed by atoms with E-state index in [9.17, 15) is 9.59 Å². The molecule has 0 unspecified atom stereocenters. The van der Waals surface area contributed by atoms with Crippen LogP contribution in [0.15, 0.2) is 4.99 Å². The molecule has 0 bridgehead atoms. The zero-order valence-corrected chi connectivity index (χ0v) is 12.7. The van der Waals surface area contributed by atoms with Crippen molar-refractivity contribution >= 4 is 17.7 Å². The number of ketones is 1. The van der Waals surface area contributed by atoms with Gasteiger partial charge in [-0.15, -0.1) is 0 Å². The van der Waals surface area contributed by atoms with Gasteiger partial charge < -0.3 is 10.5 Å². The van der Waals surface area contributed by atoms with Crippen LogP contribution >= 0.6 is 0 Å². The Morgan fingerprint density at radius 3 is 2.26 bits per heavy atom. The first-order chi connectivity index (χ1) is 8.61. The van der Waals surface area contributed by atoms with Gasteiger partial charge in [-0.1, -0.05) is 26.7 Å². The highest BCUT2D eigenvalue weighted by atomic mass is 16.6. The third kappa shape index (κ3) is 10.2. The molecule has 0 atom stereocenters. The van der Waals surface area contributed by atoms with E-state index in [2.05, 4.69) is 18.8 Å². The van der Waals surface area contributed by atoms with Crippen molar-refractivity contribution < 1.29 is 14.3 Å². The summed E-state index contributed by atoms with van der Waals surface area (Å²) in [5.41, 5.74) is 4.84. The lowest BCUT2D eigenvalue weighted by atomic mass is 10.0. The maximum Gasteiger partial charge on any atom is 0.436 e. The van der Waals surface area contributed by atoms with Gasteiger partial charge in [-0.05, 0) is 33.1 Å². The fourth-order valence-corrected chi connectivity index (χ4v) is 1.41. The van der Waals surface area contributed by atoms with Crippen LogP contribution in [0.1, 0.15) is 60.3 Å². The molecule has 0 saturated heterocycles. The number of aliphatic imine (C=N–C) groups is 1. The van der Waals surface area contributed by atoms with Gasteiger partial charge in [0.25, 0.3) is 0 Å². The average Bonchev–Trinajstić information content (AvgIpc) is 2.20. The van der Waals surface area contributed by atoms with Crippen molar-refractivity contribution in [1.29, 1.82) is 0 Å². The van der Waals surface area contributed by atoms with Crippen LogP contribution in [0, 0.1) is 5.92 Å². The normalized spacial score (nSPS) is 12.6. The fraction of sp³-hybridized carbons (Fsp3) is 0.786. The van der Waals surface area contributed by atoms with Gasteiger partial charge in [0.15, 0.2) is 11.6 Å². The number of ether oxygens (including phenoxy) is 1. The number of nitrogens with zero attached hydrogens (tertiary/aromatic N) is 1. The first kappa shape index (κ1) is 17.6. The van der Waals surface area contributed by atoms with E-state index < -0.39 is 11.7 Å². The van der Waals surface area contributed by atoms with Gasteiger partial charge >= 0.3 is 6.09 Å². The van der Waals surface area contributed by atoms with Crippen LogP contribution in [0.5, 0.6) is 0 Å². The number of carbonyl (C=O) groups excluding carboxylic acids is 2. The Morgan fingerprint density at radius 1 is 1.21 bits per heavy atom. The molecule has 5 nitrogen and oxygen atoms in total. The number of amidine groups is 1. The second-order valence-electron chi connectivity index (χ2n) is 6.04. The lowest BCUT2D eigenvalue weighted by Gasteiger charge is -2.17. The molecule has 110 valence electrons. The summed E-state index contributed by atoms with van der Waals surface area (Å²) in [6, 6.07) is 0. The van der Waals surface area contributed by atoms with Crippen LogP contribution in [0.25, 0.3) is 0 Å². The molecule has 0 aliphatic rings. The Hall–Kier alpha value is -1.39. The van der Waals surface area contributed by atoms with Crippen molar-refractivity contribution in [3.63, 3.8) is 0 Å². The molecule has 0 spiro atoms. The molecule has 0 aliphatic carbocycles. The number of nitrogens with two attached hydrogens (primary N) is 1. The van der Waals surface area contributed by atoms with Crippen molar-refractivity contribution in [2.45, 2.75) is 65.9 Å². The summed E-state index contributed by atoms with van der Waals surface area (Å²) in [5.74, 6) is 0.0660. The predicted molar refractivity (Wildman–Crippen MR) is 76.2 cm³/mol. The predicted octanol–water partition coefficient (Wildman–Crippen LogP) is 3.06. The summed E-state index contributed by atoms with van der Waals surface area (Å²) in [6.07, 6.45) is 2.33. The van der Waals surface area contributed by atoms with Crippen molar-refractivity contribution in [3.8, 4) is 0 Å². The van der Waals surface area contributed by atoms with Gasteiger partial charge in [0.1, 0.15) is 5.60 Å². The number of carbonyl (C=O) groups is 2. The second-order valence-corrected chi connectivity index (χ2v) is 6.04. The molecule has 0 aromatic carbocycles. The number of amides is 1. The summed E-state index contributed by atoms with van der Waals surface area (Å²) in [6.45, 7) is 9.46. The minimum absolute atomic E-state index is 0.265. The van der Waals surface area contributed by atoms with Crippen molar-refractivity contribution in [1.82, 2.24) is 0 Å². The smallest absolute Gasteiger partial charge is 0.436 e. The first-order valence-corrected chi connectivity index (χ1v) is 6.72. The number of hydrogen-bond acceptors (Lipinski definition) is 3. The first-order valence-electron chi connectivity index (χ1n) is 6.72. The van der Waals surface area contributed by atoms with Crippen LogP contribution in [0.3, 0.4) is 0 Å². The monoisotopic (exact) mass is 270 g/mol. The number of unbranched alkanes of at least 4 members (excludes halogenated alkanes) is 1. The zero-order valence-electron chi connectivity index (χ0n) is 12.7. The summed E-state index contributed by atoms with van der Waals surface area (Å²) < 4.78 is 4.96. The molecule has 0 aromatic rings. The molecular weight excluding hydrogens is 244 g/mol. The highest BCUT2D eigenvalue weighted by Crippen LogP contribution is 2.09. The van der Waals surface area contributed by atoms with Crippen molar-refractivity contribution in [2.75, 3.05) is 0 Å². The molecule has 5 heteroatoms. The Kier molecular flexibility index (Phi) is 7.34. The molecule has 0 radical (unpaired) electrons. The Bertz CT molecular complexity index is 341. The quantitative estimate of drug-likeness (QED) is 0.457. The minimum atomic E-state index is -0.819. The van der Waals surface area contributed by atoms with Crippen LogP contribution in [-0.4, -0.2) is 23.3 Å². The zero-order chi connectivity index (χ0) is 15.1. The van der Waals surface area contributed by atoms with E-state index in [0.717, 1.165) is 19.3 Å². The second kappa shape index (κ2) is 7.92. The van der Waals surface area contributed by atoms with Gasteiger partial charge in [-0.2, -0.15) is 4.99 Å². The third-order valence-corrected chi connectivity index (χ3v) is 2.33. The van der Waals surface area contributed by atoms with E-state index in [4.69, 9.17) is 10.5 Å². The van der Waals surface area contributed by atoms with Gasteiger partial charge in [0, 0.05) is 6.42 Å². The number of hydrogen-bond donors (Lipinski definition) is 1. The maximum absolute atomic E-state index is 11.6. The van der Waals surface area contributed by atoms with E-state index in [0.29, 0.717) is 12.3 Å². The molecule has 2 N–H and O–H groups in total. The largest absolute Gasteiger partial charge is 0.442 e. The van der Waals surface area contributed by atoms with Crippen molar-refractivity contribution in [2.24, 2.45) is 16.6 Å². The standard InChI is InChI=1S/C14H26N2O3/c1-10(2)8-6-7-9-11(17)12(15)16-13(18)19-14(3,4)5/h10H,6-9H2,1-5H3,(H2,15,16,18). The van der Waals surface area contributed by atoms with E-state index in [1.165, 1.54) is 0 Å². The molecule has 0 saturated carbocycles. The van der Waals surface area contributed by atoms with Gasteiger partial charge in [0.2, 0.25) is 0 Å². The van der Waals surface area contributed by atoms with E-state index in [1.54, 1.807) is 20.8 Å². The Labute approximate surface area is 115 Å². The van der Waals surface area contributed by atoms with E-state index in [1.807, 2.05) is 0 Å². The Morgan fingerprint density at radius 2 is 1.79 bits per heavy atom. The molecule has 0 aromatic heterocycles. The van der Waals surface area contributed by atoms with Crippen LogP contribution < -0.4 is 5.73 Å². The fourth-order valence-electron chi connectivity index (χ4n) is 1.41. The van der Waals surface area contributed by atoms with Crippen LogP contribution in [0.2, 0.25) is 0 Å². The molecule has 0 heterocycles. The summed E-state index contributed by atoms with van der Waals surface area (Å²) in [7, 11) is 0. The highest BCUT2D eigenvalue weighted by molar-refractivity contribution is 6.39. The van der Waals surface area contributed by atoms with Gasteiger partial charge in [-0.25, -0.2) is 4.79 Å². The molecule has 1 amide bonds. The summed E-state index contributed by atoms with van der Waals surface area (Å²) in [5, 5.41) is 0. The maximum atomic E-state index is 11.6. The number of rotatable bonds is 6. The lowest BCUT2D eigenvalue weighted by Crippen LogP contribution is -2.28. The summed E-state index contributed by atoms with van der Waals surface area (Å²) in [4.78, 5) is 26.4.